The van der Waals surface area contributed by atoms with Crippen molar-refractivity contribution in [1.29, 1.82) is 0 Å². The van der Waals surface area contributed by atoms with Gasteiger partial charge in [0.1, 0.15) is 0 Å². The van der Waals surface area contributed by atoms with Gasteiger partial charge in [-0.3, -0.25) is 4.98 Å². The molecule has 2 atom stereocenters. The molecule has 0 aromatic heterocycles. The van der Waals surface area contributed by atoms with Crippen LogP contribution >= 0.6 is 0 Å². The first kappa shape index (κ1) is 30.4. The Bertz CT molecular complexity index is 597. The lowest BCUT2D eigenvalue weighted by Gasteiger charge is -2.36. The summed E-state index contributed by atoms with van der Waals surface area (Å²) in [5, 5.41) is 3.48. The molecule has 0 aliphatic carbocycles. The second-order valence-corrected chi connectivity index (χ2v) is 14.2. The van der Waals surface area contributed by atoms with Crippen LogP contribution in [0.4, 0.5) is 0 Å². The van der Waals surface area contributed by atoms with Gasteiger partial charge in [0, 0.05) is 65.8 Å². The zero-order chi connectivity index (χ0) is 24.6. The van der Waals surface area contributed by atoms with Crippen LogP contribution in [0.15, 0.2) is 30.3 Å². The minimum absolute atomic E-state index is 0.162. The van der Waals surface area contributed by atoms with E-state index in [2.05, 4.69) is 41.1 Å². The average molecular weight is 502 g/mol. The largest absolute Gasteiger partial charge is 0.596 e. The number of benzene rings is 1. The Morgan fingerprint density at radius 3 is 2.03 bits per heavy atom. The normalized spacial score (nSPS) is 14.4. The van der Waals surface area contributed by atoms with E-state index in [0.717, 1.165) is 38.8 Å². The van der Waals surface area contributed by atoms with Gasteiger partial charge < -0.3 is 33.2 Å². The molecule has 0 aliphatic heterocycles. The number of hydrogen-bond acceptors (Lipinski definition) is 8. The second kappa shape index (κ2) is 16.9. The van der Waals surface area contributed by atoms with Crippen LogP contribution < -0.4 is 16.0 Å². The number of nitrogens with two attached hydrogens (primary N) is 1. The summed E-state index contributed by atoms with van der Waals surface area (Å²) in [5.41, 5.74) is 7.31. The van der Waals surface area contributed by atoms with E-state index in [4.69, 9.17) is 27.9 Å². The third kappa shape index (κ3) is 10.6. The molecule has 33 heavy (non-hydrogen) atoms. The summed E-state index contributed by atoms with van der Waals surface area (Å²) in [6, 6.07) is 10.7. The average Bonchev–Trinajstić information content (AvgIpc) is 2.83. The fourth-order valence-corrected chi connectivity index (χ4v) is 8.68. The van der Waals surface area contributed by atoms with Gasteiger partial charge in [-0.1, -0.05) is 30.3 Å². The smallest absolute Gasteiger partial charge is 0.394 e. The molecule has 10 heteroatoms. The maximum Gasteiger partial charge on any atom is 0.596 e. The predicted molar refractivity (Wildman–Crippen MR) is 138 cm³/mol. The van der Waals surface area contributed by atoms with Crippen LogP contribution in [-0.4, -0.2) is 77.7 Å². The minimum Gasteiger partial charge on any atom is -0.394 e. The highest BCUT2D eigenvalue weighted by Crippen LogP contribution is 2.30. The predicted octanol–water partition coefficient (Wildman–Crippen LogP) is 2.80. The maximum atomic E-state index is 6.25. The molecule has 0 bridgehead atoms. The lowest BCUT2D eigenvalue weighted by molar-refractivity contribution is 0.103. The molecule has 0 spiro atoms. The van der Waals surface area contributed by atoms with Crippen LogP contribution in [0.1, 0.15) is 38.7 Å². The summed E-state index contributed by atoms with van der Waals surface area (Å²) < 4.78 is 29.5. The Kier molecular flexibility index (Phi) is 15.5. The third-order valence-corrected chi connectivity index (χ3v) is 12.1. The summed E-state index contributed by atoms with van der Waals surface area (Å²) in [4.78, 5) is 3.59. The number of rotatable bonds is 20. The lowest BCUT2D eigenvalue weighted by Crippen LogP contribution is -2.60. The van der Waals surface area contributed by atoms with Crippen LogP contribution in [0.5, 0.6) is 0 Å². The van der Waals surface area contributed by atoms with Crippen LogP contribution in [0.25, 0.3) is 0 Å². The molecule has 0 aliphatic rings. The first-order chi connectivity index (χ1) is 15.9. The summed E-state index contributed by atoms with van der Waals surface area (Å²) in [6.07, 6.45) is 3.78. The fourth-order valence-electron chi connectivity index (χ4n) is 4.13. The van der Waals surface area contributed by atoms with E-state index in [-0.39, 0.29) is 11.6 Å². The highest BCUT2D eigenvalue weighted by atomic mass is 28.4. The first-order valence-electron chi connectivity index (χ1n) is 12.1. The molecule has 8 nitrogen and oxygen atoms in total. The lowest BCUT2D eigenvalue weighted by atomic mass is 10.0. The van der Waals surface area contributed by atoms with Gasteiger partial charge in [-0.25, -0.2) is 0 Å². The molecule has 0 radical (unpaired) electrons. The monoisotopic (exact) mass is 501 g/mol. The van der Waals surface area contributed by atoms with Gasteiger partial charge in [-0.2, -0.15) is 0 Å². The van der Waals surface area contributed by atoms with Crippen molar-refractivity contribution in [3.63, 3.8) is 0 Å². The van der Waals surface area contributed by atoms with E-state index >= 15 is 0 Å². The van der Waals surface area contributed by atoms with Gasteiger partial charge in [0.25, 0.3) is 0 Å². The molecular formula is C23H47N3O5Si2. The zero-order valence-electron chi connectivity index (χ0n) is 21.5. The van der Waals surface area contributed by atoms with Crippen LogP contribution in [-0.2, 0) is 28.6 Å². The molecule has 0 amide bonds. The van der Waals surface area contributed by atoms with Crippen molar-refractivity contribution in [2.24, 2.45) is 5.73 Å². The molecule has 0 heterocycles. The first-order valence-corrected chi connectivity index (χ1v) is 16.2. The van der Waals surface area contributed by atoms with E-state index in [1.807, 2.05) is 19.9 Å². The van der Waals surface area contributed by atoms with E-state index in [9.17, 15) is 0 Å². The highest BCUT2D eigenvalue weighted by molar-refractivity contribution is 6.67. The number of nitrogens with one attached hydrogen (secondary N) is 2. The Labute approximate surface area is 203 Å². The van der Waals surface area contributed by atoms with Gasteiger partial charge in [0.05, 0.1) is 0 Å². The quantitative estimate of drug-likeness (QED) is 0.185. The zero-order valence-corrected chi connectivity index (χ0v) is 23.5. The van der Waals surface area contributed by atoms with Crippen molar-refractivity contribution < 1.29 is 22.1 Å². The van der Waals surface area contributed by atoms with E-state index in [0.29, 0.717) is 19.8 Å². The molecular weight excluding hydrogens is 454 g/mol. The number of aryl methyl sites for hydroxylation is 1. The minimum atomic E-state index is -2.93. The van der Waals surface area contributed by atoms with Crippen LogP contribution in [0.2, 0.25) is 12.1 Å². The van der Waals surface area contributed by atoms with Crippen LogP contribution in [0.3, 0.4) is 0 Å². The number of hydrogen-bond donors (Lipinski definition) is 3. The van der Waals surface area contributed by atoms with Crippen molar-refractivity contribution in [3.8, 4) is 0 Å². The van der Waals surface area contributed by atoms with Crippen molar-refractivity contribution in [2.45, 2.75) is 57.7 Å². The third-order valence-electron chi connectivity index (χ3n) is 5.99. The summed E-state index contributed by atoms with van der Waals surface area (Å²) in [6.45, 7) is 9.77. The van der Waals surface area contributed by atoms with Crippen molar-refractivity contribution in [3.05, 3.63) is 35.9 Å². The highest BCUT2D eigenvalue weighted by Gasteiger charge is 2.43. The molecule has 0 saturated heterocycles. The summed E-state index contributed by atoms with van der Waals surface area (Å²) in [5.74, 6) is 0. The molecule has 1 aromatic carbocycles. The van der Waals surface area contributed by atoms with Gasteiger partial charge in [-0.05, 0) is 51.6 Å². The van der Waals surface area contributed by atoms with E-state index in [1.54, 1.807) is 21.3 Å². The molecule has 1 rings (SSSR count). The molecule has 4 N–H and O–H groups in total. The van der Waals surface area contributed by atoms with Crippen molar-refractivity contribution >= 4 is 17.5 Å². The second-order valence-electron chi connectivity index (χ2n) is 8.18. The Balaban J connectivity index is 3.00. The standard InChI is InChI=1S/C23H47N3O5Si2/c1-7-30-32(6,31-8-2)23(20-25-19-18-24)17-16-22(26-33(27-3,28-4)29-5)15-14-21-12-10-9-11-13-21/h9-13,22-23,25-26H,7-8,14-20,24H2,1-6H3. The van der Waals surface area contributed by atoms with Gasteiger partial charge in [0.15, 0.2) is 0 Å². The van der Waals surface area contributed by atoms with Crippen molar-refractivity contribution in [1.82, 2.24) is 10.3 Å². The molecule has 2 unspecified atom stereocenters. The van der Waals surface area contributed by atoms with E-state index < -0.39 is 17.5 Å². The Morgan fingerprint density at radius 2 is 1.52 bits per heavy atom. The summed E-state index contributed by atoms with van der Waals surface area (Å²) in [7, 11) is -0.412. The fraction of sp³-hybridized carbons (Fsp3) is 0.739. The maximum absolute atomic E-state index is 6.25. The SMILES string of the molecule is CCO[Si](C)(OCC)C(CCC(CCc1ccccc1)N[Si](OC)(OC)OC)CNCCN. The van der Waals surface area contributed by atoms with Crippen molar-refractivity contribution in [2.75, 3.05) is 54.2 Å². The molecule has 1 aromatic rings. The molecule has 192 valence electrons. The summed E-state index contributed by atoms with van der Waals surface area (Å²) >= 11 is 0. The molecule has 0 fully saturated rings. The van der Waals surface area contributed by atoms with Crippen LogP contribution in [0, 0.1) is 0 Å². The molecule has 0 saturated carbocycles. The Morgan fingerprint density at radius 1 is 0.909 bits per heavy atom. The Hall–Kier alpha value is -0.666. The van der Waals surface area contributed by atoms with E-state index in [1.165, 1.54) is 5.56 Å². The van der Waals surface area contributed by atoms with Gasteiger partial charge in [-0.15, -0.1) is 0 Å². The van der Waals surface area contributed by atoms with Gasteiger partial charge >= 0.3 is 17.5 Å². The topological polar surface area (TPSA) is 96.2 Å². The van der Waals surface area contributed by atoms with Gasteiger partial charge in [0.2, 0.25) is 0 Å².